The minimum atomic E-state index is -0.319. The first-order chi connectivity index (χ1) is 12.7. The van der Waals surface area contributed by atoms with Crippen molar-refractivity contribution in [3.63, 3.8) is 0 Å². The van der Waals surface area contributed by atoms with E-state index in [2.05, 4.69) is 27.8 Å². The van der Waals surface area contributed by atoms with Crippen molar-refractivity contribution in [3.05, 3.63) is 78.6 Å². The van der Waals surface area contributed by atoms with Crippen LogP contribution in [-0.2, 0) is 16.1 Å². The van der Waals surface area contributed by atoms with Crippen molar-refractivity contribution < 1.29 is 9.53 Å². The third-order valence-electron chi connectivity index (χ3n) is 4.63. The SMILES string of the molecule is CC(OC(=O)CCn1ccc2ccccc21)c1cnc2ccccc2c1. The molecule has 0 spiro atoms. The van der Waals surface area contributed by atoms with Gasteiger partial charge >= 0.3 is 5.97 Å². The highest BCUT2D eigenvalue weighted by Gasteiger charge is 2.13. The number of hydrogen-bond acceptors (Lipinski definition) is 3. The molecule has 0 fully saturated rings. The average molecular weight is 344 g/mol. The van der Waals surface area contributed by atoms with Gasteiger partial charge in [-0.25, -0.2) is 0 Å². The zero-order valence-electron chi connectivity index (χ0n) is 14.6. The lowest BCUT2D eigenvalue weighted by atomic mass is 10.1. The van der Waals surface area contributed by atoms with E-state index in [4.69, 9.17) is 4.74 Å². The van der Waals surface area contributed by atoms with E-state index >= 15 is 0 Å². The topological polar surface area (TPSA) is 44.1 Å². The highest BCUT2D eigenvalue weighted by atomic mass is 16.5. The molecule has 4 aromatic rings. The Hall–Kier alpha value is -3.14. The maximum Gasteiger partial charge on any atom is 0.308 e. The first-order valence-corrected chi connectivity index (χ1v) is 8.79. The van der Waals surface area contributed by atoms with E-state index in [1.165, 1.54) is 5.39 Å². The molecule has 2 aromatic heterocycles. The molecule has 0 radical (unpaired) electrons. The number of fused-ring (bicyclic) bond motifs is 2. The zero-order chi connectivity index (χ0) is 17.9. The second-order valence-corrected chi connectivity index (χ2v) is 6.41. The van der Waals surface area contributed by atoms with Gasteiger partial charge < -0.3 is 9.30 Å². The molecule has 0 amide bonds. The fourth-order valence-corrected chi connectivity index (χ4v) is 3.18. The lowest BCUT2D eigenvalue weighted by Crippen LogP contribution is -2.11. The Kier molecular flexibility index (Phi) is 4.40. The number of esters is 1. The van der Waals surface area contributed by atoms with Crippen molar-refractivity contribution in [2.75, 3.05) is 0 Å². The molecule has 0 saturated heterocycles. The molecule has 4 heteroatoms. The predicted octanol–water partition coefficient (Wildman–Crippen LogP) is 4.88. The Labute approximate surface area is 152 Å². The highest BCUT2D eigenvalue weighted by Crippen LogP contribution is 2.21. The maximum atomic E-state index is 12.3. The summed E-state index contributed by atoms with van der Waals surface area (Å²) in [7, 11) is 0. The van der Waals surface area contributed by atoms with Crippen LogP contribution in [0.25, 0.3) is 21.8 Å². The highest BCUT2D eigenvalue weighted by molar-refractivity contribution is 5.80. The van der Waals surface area contributed by atoms with Gasteiger partial charge in [0.2, 0.25) is 0 Å². The summed E-state index contributed by atoms with van der Waals surface area (Å²) in [5.41, 5.74) is 2.98. The predicted molar refractivity (Wildman–Crippen MR) is 103 cm³/mol. The molecular weight excluding hydrogens is 324 g/mol. The van der Waals surface area contributed by atoms with Gasteiger partial charge in [-0.2, -0.15) is 0 Å². The van der Waals surface area contributed by atoms with Crippen molar-refractivity contribution in [1.82, 2.24) is 9.55 Å². The van der Waals surface area contributed by atoms with Gasteiger partial charge in [-0.15, -0.1) is 0 Å². The number of aryl methyl sites for hydroxylation is 1. The molecule has 2 aromatic carbocycles. The van der Waals surface area contributed by atoms with Crippen LogP contribution in [0.3, 0.4) is 0 Å². The molecule has 1 atom stereocenters. The molecule has 0 aliphatic carbocycles. The monoisotopic (exact) mass is 344 g/mol. The van der Waals surface area contributed by atoms with E-state index in [9.17, 15) is 4.79 Å². The average Bonchev–Trinajstić information content (AvgIpc) is 3.09. The molecular formula is C22H20N2O2. The summed E-state index contributed by atoms with van der Waals surface area (Å²) in [4.78, 5) is 16.7. The van der Waals surface area contributed by atoms with Crippen molar-refractivity contribution >= 4 is 27.8 Å². The van der Waals surface area contributed by atoms with Crippen LogP contribution in [0.1, 0.15) is 25.0 Å². The van der Waals surface area contributed by atoms with Crippen LogP contribution in [-0.4, -0.2) is 15.5 Å². The number of para-hydroxylation sites is 2. The minimum absolute atomic E-state index is 0.205. The Morgan fingerprint density at radius 3 is 2.73 bits per heavy atom. The molecule has 4 rings (SSSR count). The number of carbonyl (C=O) groups excluding carboxylic acids is 1. The molecule has 0 bridgehead atoms. The lowest BCUT2D eigenvalue weighted by Gasteiger charge is -2.14. The lowest BCUT2D eigenvalue weighted by molar-refractivity contribution is -0.148. The van der Waals surface area contributed by atoms with Gasteiger partial charge in [-0.1, -0.05) is 36.4 Å². The first-order valence-electron chi connectivity index (χ1n) is 8.79. The van der Waals surface area contributed by atoms with Crippen LogP contribution < -0.4 is 0 Å². The first kappa shape index (κ1) is 16.3. The molecule has 4 nitrogen and oxygen atoms in total. The van der Waals surface area contributed by atoms with Crippen LogP contribution in [0.5, 0.6) is 0 Å². The normalized spacial score (nSPS) is 12.3. The Morgan fingerprint density at radius 1 is 1.08 bits per heavy atom. The summed E-state index contributed by atoms with van der Waals surface area (Å²) in [5, 5.41) is 2.23. The third-order valence-corrected chi connectivity index (χ3v) is 4.63. The van der Waals surface area contributed by atoms with E-state index in [1.807, 2.05) is 55.6 Å². The van der Waals surface area contributed by atoms with Crippen LogP contribution >= 0.6 is 0 Å². The minimum Gasteiger partial charge on any atom is -0.458 e. The van der Waals surface area contributed by atoms with E-state index in [0.717, 1.165) is 22.0 Å². The number of benzene rings is 2. The largest absolute Gasteiger partial charge is 0.458 e. The molecule has 2 heterocycles. The van der Waals surface area contributed by atoms with Gasteiger partial charge in [-0.05, 0) is 36.6 Å². The third kappa shape index (κ3) is 3.31. The smallest absolute Gasteiger partial charge is 0.308 e. The van der Waals surface area contributed by atoms with E-state index < -0.39 is 0 Å². The van der Waals surface area contributed by atoms with Gasteiger partial charge in [0, 0.05) is 35.4 Å². The summed E-state index contributed by atoms with van der Waals surface area (Å²) in [6.45, 7) is 2.49. The number of ether oxygens (including phenoxy) is 1. The summed E-state index contributed by atoms with van der Waals surface area (Å²) < 4.78 is 7.69. The fourth-order valence-electron chi connectivity index (χ4n) is 3.18. The Morgan fingerprint density at radius 2 is 1.85 bits per heavy atom. The molecule has 0 saturated carbocycles. The van der Waals surface area contributed by atoms with Gasteiger partial charge in [0.1, 0.15) is 6.10 Å². The van der Waals surface area contributed by atoms with E-state index in [0.29, 0.717) is 13.0 Å². The summed E-state index contributed by atoms with van der Waals surface area (Å²) >= 11 is 0. The summed E-state index contributed by atoms with van der Waals surface area (Å²) in [5.74, 6) is -0.205. The molecule has 130 valence electrons. The molecule has 0 aliphatic rings. The second-order valence-electron chi connectivity index (χ2n) is 6.41. The molecule has 26 heavy (non-hydrogen) atoms. The van der Waals surface area contributed by atoms with Crippen molar-refractivity contribution in [2.45, 2.75) is 26.0 Å². The number of carbonyl (C=O) groups is 1. The van der Waals surface area contributed by atoms with Crippen LogP contribution in [0, 0.1) is 0 Å². The molecule has 0 aliphatic heterocycles. The zero-order valence-corrected chi connectivity index (χ0v) is 14.6. The second kappa shape index (κ2) is 7.00. The van der Waals surface area contributed by atoms with Gasteiger partial charge in [0.15, 0.2) is 0 Å². The molecule has 0 N–H and O–H groups in total. The molecule has 1 unspecified atom stereocenters. The number of pyridine rings is 1. The van der Waals surface area contributed by atoms with Gasteiger partial charge in [-0.3, -0.25) is 9.78 Å². The number of nitrogens with zero attached hydrogens (tertiary/aromatic N) is 2. The van der Waals surface area contributed by atoms with E-state index in [1.54, 1.807) is 6.20 Å². The summed E-state index contributed by atoms with van der Waals surface area (Å²) in [6, 6.07) is 20.2. The number of rotatable bonds is 5. The quantitative estimate of drug-likeness (QED) is 0.485. The van der Waals surface area contributed by atoms with E-state index in [-0.39, 0.29) is 12.1 Å². The van der Waals surface area contributed by atoms with Crippen LogP contribution in [0.15, 0.2) is 73.1 Å². The van der Waals surface area contributed by atoms with Crippen molar-refractivity contribution in [3.8, 4) is 0 Å². The Balaban J connectivity index is 1.40. The summed E-state index contributed by atoms with van der Waals surface area (Å²) in [6.07, 6.45) is 3.80. The van der Waals surface area contributed by atoms with Gasteiger partial charge in [0.05, 0.1) is 11.9 Å². The van der Waals surface area contributed by atoms with Gasteiger partial charge in [0.25, 0.3) is 0 Å². The van der Waals surface area contributed by atoms with Crippen LogP contribution in [0.2, 0.25) is 0 Å². The standard InChI is InChI=1S/C22H20N2O2/c1-16(19-14-18-7-2-4-8-20(18)23-15-19)26-22(25)11-13-24-12-10-17-6-3-5-9-21(17)24/h2-10,12,14-16H,11,13H2,1H3. The maximum absolute atomic E-state index is 12.3. The number of hydrogen-bond donors (Lipinski definition) is 0. The number of aromatic nitrogens is 2. The van der Waals surface area contributed by atoms with Crippen molar-refractivity contribution in [1.29, 1.82) is 0 Å². The van der Waals surface area contributed by atoms with Crippen molar-refractivity contribution in [2.24, 2.45) is 0 Å². The van der Waals surface area contributed by atoms with Crippen LogP contribution in [0.4, 0.5) is 0 Å². The fraction of sp³-hybridized carbons (Fsp3) is 0.182. The Bertz CT molecular complexity index is 1070.